The van der Waals surface area contributed by atoms with Crippen molar-refractivity contribution in [3.63, 3.8) is 0 Å². The number of nitrogens with two attached hydrogens (primary N) is 1. The summed E-state index contributed by atoms with van der Waals surface area (Å²) >= 11 is 0. The molecular formula is C8H19NO. The van der Waals surface area contributed by atoms with Crippen LogP contribution in [0.25, 0.3) is 0 Å². The van der Waals surface area contributed by atoms with Gasteiger partial charge in [-0.2, -0.15) is 0 Å². The summed E-state index contributed by atoms with van der Waals surface area (Å²) in [4.78, 5) is 0. The minimum atomic E-state index is -0.285. The highest BCUT2D eigenvalue weighted by Gasteiger charge is 2.22. The van der Waals surface area contributed by atoms with Gasteiger partial charge < -0.3 is 10.8 Å². The largest absolute Gasteiger partial charge is 0.393 e. The van der Waals surface area contributed by atoms with Crippen molar-refractivity contribution in [1.29, 1.82) is 0 Å². The SMILES string of the molecule is C[C@@H](N)C[C@@H](O)C(C)(C)C. The van der Waals surface area contributed by atoms with Crippen molar-refractivity contribution in [3.8, 4) is 0 Å². The molecule has 0 aromatic rings. The second-order valence-corrected chi connectivity index (χ2v) is 4.09. The van der Waals surface area contributed by atoms with E-state index in [0.29, 0.717) is 6.42 Å². The van der Waals surface area contributed by atoms with E-state index in [2.05, 4.69) is 0 Å². The van der Waals surface area contributed by atoms with Crippen molar-refractivity contribution in [2.45, 2.75) is 46.3 Å². The van der Waals surface area contributed by atoms with E-state index >= 15 is 0 Å². The molecule has 2 atom stereocenters. The van der Waals surface area contributed by atoms with Gasteiger partial charge in [0, 0.05) is 6.04 Å². The van der Waals surface area contributed by atoms with E-state index in [1.165, 1.54) is 0 Å². The van der Waals surface area contributed by atoms with E-state index in [9.17, 15) is 5.11 Å². The van der Waals surface area contributed by atoms with Crippen LogP contribution in [0.2, 0.25) is 0 Å². The van der Waals surface area contributed by atoms with Crippen LogP contribution >= 0.6 is 0 Å². The van der Waals surface area contributed by atoms with Crippen LogP contribution in [0.1, 0.15) is 34.1 Å². The highest BCUT2D eigenvalue weighted by atomic mass is 16.3. The van der Waals surface area contributed by atoms with Crippen LogP contribution in [0, 0.1) is 5.41 Å². The van der Waals surface area contributed by atoms with Gasteiger partial charge in [0.05, 0.1) is 6.10 Å². The molecule has 2 heteroatoms. The molecule has 3 N–H and O–H groups in total. The zero-order valence-corrected chi connectivity index (χ0v) is 7.39. The molecule has 2 nitrogen and oxygen atoms in total. The molecule has 0 amide bonds. The molecule has 0 unspecified atom stereocenters. The molecule has 0 saturated carbocycles. The number of rotatable bonds is 2. The zero-order valence-electron chi connectivity index (χ0n) is 7.39. The van der Waals surface area contributed by atoms with Crippen LogP contribution in [0.4, 0.5) is 0 Å². The Hall–Kier alpha value is -0.0800. The van der Waals surface area contributed by atoms with Gasteiger partial charge >= 0.3 is 0 Å². The summed E-state index contributed by atoms with van der Waals surface area (Å²) in [7, 11) is 0. The Morgan fingerprint density at radius 3 is 1.90 bits per heavy atom. The monoisotopic (exact) mass is 145 g/mol. The van der Waals surface area contributed by atoms with Crippen molar-refractivity contribution in [2.75, 3.05) is 0 Å². The molecule has 62 valence electrons. The Morgan fingerprint density at radius 2 is 1.80 bits per heavy atom. The van der Waals surface area contributed by atoms with E-state index in [-0.39, 0.29) is 17.6 Å². The first-order valence-electron chi connectivity index (χ1n) is 3.77. The first-order chi connectivity index (χ1) is 4.34. The smallest absolute Gasteiger partial charge is 0.0603 e. The number of aliphatic hydroxyl groups excluding tert-OH is 1. The third-order valence-corrected chi connectivity index (χ3v) is 1.59. The van der Waals surface area contributed by atoms with Crippen LogP contribution in [0.15, 0.2) is 0 Å². The third kappa shape index (κ3) is 3.85. The predicted octanol–water partition coefficient (Wildman–Crippen LogP) is 1.13. The van der Waals surface area contributed by atoms with Crippen LogP contribution in [0.3, 0.4) is 0 Å². The highest BCUT2D eigenvalue weighted by molar-refractivity contribution is 4.75. The molecule has 0 rings (SSSR count). The molecule has 10 heavy (non-hydrogen) atoms. The Kier molecular flexibility index (Phi) is 3.33. The average molecular weight is 145 g/mol. The minimum absolute atomic E-state index is 0.0341. The maximum absolute atomic E-state index is 9.48. The van der Waals surface area contributed by atoms with Crippen molar-refractivity contribution >= 4 is 0 Å². The van der Waals surface area contributed by atoms with Crippen LogP contribution in [0.5, 0.6) is 0 Å². The molecule has 0 aromatic carbocycles. The van der Waals surface area contributed by atoms with Crippen molar-refractivity contribution in [3.05, 3.63) is 0 Å². The van der Waals surface area contributed by atoms with Gasteiger partial charge in [-0.25, -0.2) is 0 Å². The lowest BCUT2D eigenvalue weighted by Gasteiger charge is -2.26. The number of hydrogen-bond donors (Lipinski definition) is 2. The van der Waals surface area contributed by atoms with Crippen molar-refractivity contribution < 1.29 is 5.11 Å². The molecule has 0 bridgehead atoms. The standard InChI is InChI=1S/C8H19NO/c1-6(9)5-7(10)8(2,3)4/h6-7,10H,5,9H2,1-4H3/t6-,7-/m1/s1. The van der Waals surface area contributed by atoms with Crippen LogP contribution in [-0.4, -0.2) is 17.3 Å². The summed E-state index contributed by atoms with van der Waals surface area (Å²) in [6, 6.07) is 0.0919. The summed E-state index contributed by atoms with van der Waals surface area (Å²) in [5, 5.41) is 9.48. The Balaban J connectivity index is 3.73. The lowest BCUT2D eigenvalue weighted by atomic mass is 9.86. The van der Waals surface area contributed by atoms with E-state index < -0.39 is 0 Å². The molecule has 0 fully saturated rings. The van der Waals surface area contributed by atoms with Gasteiger partial charge in [0.1, 0.15) is 0 Å². The normalized spacial score (nSPS) is 18.6. The fraction of sp³-hybridized carbons (Fsp3) is 1.00. The van der Waals surface area contributed by atoms with Gasteiger partial charge in [-0.3, -0.25) is 0 Å². The summed E-state index contributed by atoms with van der Waals surface area (Å²) in [6.45, 7) is 7.95. The van der Waals surface area contributed by atoms with E-state index in [1.807, 2.05) is 27.7 Å². The van der Waals surface area contributed by atoms with Crippen LogP contribution < -0.4 is 5.73 Å². The lowest BCUT2D eigenvalue weighted by molar-refractivity contribution is 0.0512. The minimum Gasteiger partial charge on any atom is -0.393 e. The second-order valence-electron chi connectivity index (χ2n) is 4.09. The van der Waals surface area contributed by atoms with Gasteiger partial charge in [-0.15, -0.1) is 0 Å². The maximum atomic E-state index is 9.48. The topological polar surface area (TPSA) is 46.2 Å². The molecule has 0 aliphatic rings. The lowest BCUT2D eigenvalue weighted by Crippen LogP contribution is -2.32. The molecule has 0 radical (unpaired) electrons. The average Bonchev–Trinajstić information content (AvgIpc) is 1.60. The maximum Gasteiger partial charge on any atom is 0.0603 e. The second kappa shape index (κ2) is 3.35. The fourth-order valence-electron chi connectivity index (χ4n) is 0.706. The Bertz CT molecular complexity index is 93.9. The summed E-state index contributed by atoms with van der Waals surface area (Å²) < 4.78 is 0. The molecular weight excluding hydrogens is 126 g/mol. The molecule has 0 saturated heterocycles. The summed E-state index contributed by atoms with van der Waals surface area (Å²) in [5.74, 6) is 0. The fourth-order valence-corrected chi connectivity index (χ4v) is 0.706. The zero-order chi connectivity index (χ0) is 8.36. The van der Waals surface area contributed by atoms with Gasteiger partial charge in [-0.1, -0.05) is 20.8 Å². The molecule has 0 aliphatic heterocycles. The Labute approximate surface area is 63.4 Å². The van der Waals surface area contributed by atoms with Gasteiger partial charge in [0.15, 0.2) is 0 Å². The first-order valence-corrected chi connectivity index (χ1v) is 3.77. The molecule has 0 heterocycles. The van der Waals surface area contributed by atoms with Gasteiger partial charge in [0.25, 0.3) is 0 Å². The van der Waals surface area contributed by atoms with Crippen molar-refractivity contribution in [1.82, 2.24) is 0 Å². The van der Waals surface area contributed by atoms with E-state index in [1.54, 1.807) is 0 Å². The van der Waals surface area contributed by atoms with E-state index in [0.717, 1.165) is 0 Å². The van der Waals surface area contributed by atoms with E-state index in [4.69, 9.17) is 5.73 Å². The third-order valence-electron chi connectivity index (χ3n) is 1.59. The molecule has 0 aromatic heterocycles. The first kappa shape index (κ1) is 9.92. The summed E-state index contributed by atoms with van der Waals surface area (Å²) in [5.41, 5.74) is 5.50. The molecule has 0 spiro atoms. The summed E-state index contributed by atoms with van der Waals surface area (Å²) in [6.07, 6.45) is 0.399. The molecule has 0 aliphatic carbocycles. The quantitative estimate of drug-likeness (QED) is 0.612. The van der Waals surface area contributed by atoms with Crippen LogP contribution in [-0.2, 0) is 0 Å². The van der Waals surface area contributed by atoms with Crippen molar-refractivity contribution in [2.24, 2.45) is 11.1 Å². The predicted molar refractivity (Wildman–Crippen MR) is 43.7 cm³/mol. The number of hydrogen-bond acceptors (Lipinski definition) is 2. The highest BCUT2D eigenvalue weighted by Crippen LogP contribution is 2.21. The van der Waals surface area contributed by atoms with Gasteiger partial charge in [0.2, 0.25) is 0 Å². The Morgan fingerprint density at radius 1 is 1.40 bits per heavy atom. The number of aliphatic hydroxyl groups is 1. The van der Waals surface area contributed by atoms with Gasteiger partial charge in [-0.05, 0) is 18.8 Å².